The molecule has 0 heterocycles. The molecular formula is C10H22N4O2. The van der Waals surface area contributed by atoms with Crippen LogP contribution in [0.5, 0.6) is 0 Å². The lowest BCUT2D eigenvalue weighted by molar-refractivity contribution is -0.123. The average molecular weight is 230 g/mol. The summed E-state index contributed by atoms with van der Waals surface area (Å²) in [5.74, 6) is -0.993. The molecule has 1 unspecified atom stereocenters. The van der Waals surface area contributed by atoms with Crippen molar-refractivity contribution in [3.05, 3.63) is 0 Å². The molecule has 0 aromatic rings. The van der Waals surface area contributed by atoms with Gasteiger partial charge in [0.15, 0.2) is 0 Å². The maximum absolute atomic E-state index is 10.9. The normalized spacial score (nSPS) is 13.8. The first-order valence-corrected chi connectivity index (χ1v) is 5.19. The second kappa shape index (κ2) is 5.81. The number of nitrogens with two attached hydrogens (primary N) is 3. The Hall–Kier alpha value is -1.14. The van der Waals surface area contributed by atoms with E-state index >= 15 is 0 Å². The third-order valence-corrected chi connectivity index (χ3v) is 2.38. The Morgan fingerprint density at radius 3 is 1.69 bits per heavy atom. The van der Waals surface area contributed by atoms with Crippen LogP contribution in [0.15, 0.2) is 0 Å². The van der Waals surface area contributed by atoms with Crippen molar-refractivity contribution in [2.24, 2.45) is 22.6 Å². The fourth-order valence-corrected chi connectivity index (χ4v) is 1.73. The van der Waals surface area contributed by atoms with Gasteiger partial charge in [0.25, 0.3) is 0 Å². The van der Waals surface area contributed by atoms with Gasteiger partial charge in [-0.25, -0.2) is 0 Å². The second-order valence-electron chi connectivity index (χ2n) is 4.96. The Kier molecular flexibility index (Phi) is 5.40. The summed E-state index contributed by atoms with van der Waals surface area (Å²) in [7, 11) is 0. The van der Waals surface area contributed by atoms with Crippen LogP contribution in [0.4, 0.5) is 0 Å². The van der Waals surface area contributed by atoms with Gasteiger partial charge in [-0.05, 0) is 5.41 Å². The molecule has 0 saturated carbocycles. The fraction of sp³-hybridized carbons (Fsp3) is 0.800. The van der Waals surface area contributed by atoms with Gasteiger partial charge in [0, 0.05) is 12.6 Å². The van der Waals surface area contributed by atoms with E-state index in [0.29, 0.717) is 6.54 Å². The molecule has 0 aliphatic rings. The van der Waals surface area contributed by atoms with Crippen molar-refractivity contribution in [1.29, 1.82) is 0 Å². The van der Waals surface area contributed by atoms with Crippen LogP contribution in [0.2, 0.25) is 0 Å². The topological polar surface area (TPSA) is 115 Å². The third-order valence-electron chi connectivity index (χ3n) is 2.38. The van der Waals surface area contributed by atoms with Gasteiger partial charge in [-0.3, -0.25) is 14.5 Å². The van der Waals surface area contributed by atoms with Crippen LogP contribution in [-0.2, 0) is 9.59 Å². The highest BCUT2D eigenvalue weighted by molar-refractivity contribution is 5.79. The van der Waals surface area contributed by atoms with Crippen molar-refractivity contribution >= 4 is 11.8 Å². The predicted molar refractivity (Wildman–Crippen MR) is 62.3 cm³/mol. The van der Waals surface area contributed by atoms with Gasteiger partial charge in [-0.2, -0.15) is 0 Å². The number of hydrogen-bond donors (Lipinski definition) is 3. The molecule has 0 spiro atoms. The number of carbonyl (C=O) groups is 2. The summed E-state index contributed by atoms with van der Waals surface area (Å²) in [6.45, 7) is 6.27. The van der Waals surface area contributed by atoms with E-state index in [4.69, 9.17) is 17.2 Å². The zero-order chi connectivity index (χ0) is 12.9. The highest BCUT2D eigenvalue weighted by atomic mass is 16.2. The maximum Gasteiger partial charge on any atom is 0.231 e. The van der Waals surface area contributed by atoms with Gasteiger partial charge >= 0.3 is 0 Å². The minimum atomic E-state index is -0.496. The molecule has 6 heteroatoms. The molecule has 0 rings (SSSR count). The van der Waals surface area contributed by atoms with Crippen LogP contribution in [0, 0.1) is 5.41 Å². The van der Waals surface area contributed by atoms with Crippen LogP contribution in [-0.4, -0.2) is 42.4 Å². The summed E-state index contributed by atoms with van der Waals surface area (Å²) < 4.78 is 0. The number of amides is 2. The minimum absolute atomic E-state index is 0.0118. The molecule has 0 aromatic heterocycles. The van der Waals surface area contributed by atoms with E-state index in [0.717, 1.165) is 0 Å². The Bertz CT molecular complexity index is 244. The van der Waals surface area contributed by atoms with Crippen LogP contribution in [0.3, 0.4) is 0 Å². The summed E-state index contributed by atoms with van der Waals surface area (Å²) in [4.78, 5) is 23.5. The first-order chi connectivity index (χ1) is 7.18. The Morgan fingerprint density at radius 1 is 1.12 bits per heavy atom. The Balaban J connectivity index is 4.82. The van der Waals surface area contributed by atoms with E-state index < -0.39 is 11.8 Å². The molecule has 0 saturated heterocycles. The number of hydrogen-bond acceptors (Lipinski definition) is 4. The molecule has 94 valence electrons. The summed E-state index contributed by atoms with van der Waals surface area (Å²) in [5, 5.41) is 0. The highest BCUT2D eigenvalue weighted by Crippen LogP contribution is 2.23. The fourth-order valence-electron chi connectivity index (χ4n) is 1.73. The smallest absolute Gasteiger partial charge is 0.231 e. The van der Waals surface area contributed by atoms with Gasteiger partial charge in [-0.1, -0.05) is 20.8 Å². The molecule has 6 N–H and O–H groups in total. The molecule has 1 atom stereocenters. The van der Waals surface area contributed by atoms with Crippen molar-refractivity contribution in [1.82, 2.24) is 4.90 Å². The average Bonchev–Trinajstić information content (AvgIpc) is 1.99. The van der Waals surface area contributed by atoms with Crippen molar-refractivity contribution < 1.29 is 9.59 Å². The molecule has 6 nitrogen and oxygen atoms in total. The molecule has 0 radical (unpaired) electrons. The molecule has 0 bridgehead atoms. The summed E-state index contributed by atoms with van der Waals surface area (Å²) >= 11 is 0. The number of primary amides is 2. The zero-order valence-electron chi connectivity index (χ0n) is 10.2. The van der Waals surface area contributed by atoms with Gasteiger partial charge in [-0.15, -0.1) is 0 Å². The lowest BCUT2D eigenvalue weighted by Gasteiger charge is -2.38. The van der Waals surface area contributed by atoms with E-state index in [1.165, 1.54) is 0 Å². The first kappa shape index (κ1) is 14.9. The lowest BCUT2D eigenvalue weighted by atomic mass is 9.85. The monoisotopic (exact) mass is 230 g/mol. The largest absolute Gasteiger partial charge is 0.369 e. The molecular weight excluding hydrogens is 208 g/mol. The van der Waals surface area contributed by atoms with Crippen LogP contribution < -0.4 is 17.2 Å². The van der Waals surface area contributed by atoms with E-state index in [1.807, 2.05) is 20.8 Å². The Labute approximate surface area is 96.1 Å². The molecule has 16 heavy (non-hydrogen) atoms. The zero-order valence-corrected chi connectivity index (χ0v) is 10.2. The quantitative estimate of drug-likeness (QED) is 0.522. The predicted octanol–water partition coefficient (Wildman–Crippen LogP) is -1.37. The molecule has 2 amide bonds. The first-order valence-electron chi connectivity index (χ1n) is 5.19. The number of carbonyl (C=O) groups excluding carboxylic acids is 2. The van der Waals surface area contributed by atoms with E-state index in [-0.39, 0.29) is 24.5 Å². The van der Waals surface area contributed by atoms with Gasteiger partial charge in [0.2, 0.25) is 11.8 Å². The number of nitrogens with zero attached hydrogens (tertiary/aromatic N) is 1. The summed E-state index contributed by atoms with van der Waals surface area (Å²) in [6, 6.07) is -0.118. The molecule has 0 aliphatic heterocycles. The maximum atomic E-state index is 10.9. The van der Waals surface area contributed by atoms with Crippen LogP contribution in [0.25, 0.3) is 0 Å². The lowest BCUT2D eigenvalue weighted by Crippen LogP contribution is -2.53. The van der Waals surface area contributed by atoms with Gasteiger partial charge < -0.3 is 17.2 Å². The number of rotatable bonds is 6. The molecule has 0 fully saturated rings. The molecule has 0 aromatic carbocycles. The second-order valence-corrected chi connectivity index (χ2v) is 4.96. The van der Waals surface area contributed by atoms with Gasteiger partial charge in [0.1, 0.15) is 0 Å². The van der Waals surface area contributed by atoms with Crippen molar-refractivity contribution in [2.45, 2.75) is 26.8 Å². The molecule has 0 aliphatic carbocycles. The minimum Gasteiger partial charge on any atom is -0.369 e. The van der Waals surface area contributed by atoms with E-state index in [1.54, 1.807) is 4.90 Å². The van der Waals surface area contributed by atoms with Gasteiger partial charge in [0.05, 0.1) is 13.1 Å². The van der Waals surface area contributed by atoms with E-state index in [9.17, 15) is 9.59 Å². The van der Waals surface area contributed by atoms with Crippen molar-refractivity contribution in [3.8, 4) is 0 Å². The van der Waals surface area contributed by atoms with Crippen molar-refractivity contribution in [3.63, 3.8) is 0 Å². The highest BCUT2D eigenvalue weighted by Gasteiger charge is 2.30. The summed E-state index contributed by atoms with van der Waals surface area (Å²) in [6.07, 6.45) is 0. The van der Waals surface area contributed by atoms with Crippen LogP contribution in [0.1, 0.15) is 20.8 Å². The SMILES string of the molecule is CC(C)(C)C(CN)N(CC(N)=O)CC(N)=O. The Morgan fingerprint density at radius 2 is 1.50 bits per heavy atom. The third kappa shape index (κ3) is 5.09. The van der Waals surface area contributed by atoms with Crippen molar-refractivity contribution in [2.75, 3.05) is 19.6 Å². The van der Waals surface area contributed by atoms with Crippen LogP contribution >= 0.6 is 0 Å². The standard InChI is InChI=1S/C10H22N4O2/c1-10(2,3)7(4-11)14(5-8(12)15)6-9(13)16/h7H,4-6,11H2,1-3H3,(H2,12,15)(H2,13,16). The van der Waals surface area contributed by atoms with E-state index in [2.05, 4.69) is 0 Å². The summed E-state index contributed by atoms with van der Waals surface area (Å²) in [5.41, 5.74) is 15.8.